The first kappa shape index (κ1) is 11.9. The van der Waals surface area contributed by atoms with Crippen LogP contribution in [0.3, 0.4) is 0 Å². The van der Waals surface area contributed by atoms with Crippen LogP contribution in [-0.2, 0) is 11.3 Å². The SMILES string of the molecule is CN(Cc1cc(Cl)ccc1Cl)C1(C=O)CC1. The van der Waals surface area contributed by atoms with Gasteiger partial charge in [-0.15, -0.1) is 0 Å². The molecule has 1 saturated carbocycles. The minimum Gasteiger partial charge on any atom is -0.301 e. The largest absolute Gasteiger partial charge is 0.301 e. The molecule has 0 atom stereocenters. The predicted molar refractivity (Wildman–Crippen MR) is 66.0 cm³/mol. The number of halogens is 2. The summed E-state index contributed by atoms with van der Waals surface area (Å²) in [5.41, 5.74) is 0.704. The molecule has 1 aromatic rings. The molecule has 1 aromatic carbocycles. The Bertz CT molecular complexity index is 415. The third-order valence-electron chi connectivity index (χ3n) is 3.16. The summed E-state index contributed by atoms with van der Waals surface area (Å²) < 4.78 is 0. The normalized spacial score (nSPS) is 17.5. The number of nitrogens with zero attached hydrogens (tertiary/aromatic N) is 1. The molecule has 0 spiro atoms. The molecule has 0 radical (unpaired) electrons. The Morgan fingerprint density at radius 2 is 2.12 bits per heavy atom. The number of benzene rings is 1. The van der Waals surface area contributed by atoms with E-state index in [1.54, 1.807) is 12.1 Å². The molecule has 2 rings (SSSR count). The molecule has 86 valence electrons. The van der Waals surface area contributed by atoms with Crippen LogP contribution in [-0.4, -0.2) is 23.8 Å². The number of carbonyl (C=O) groups is 1. The molecular weight excluding hydrogens is 245 g/mol. The number of hydrogen-bond acceptors (Lipinski definition) is 2. The van der Waals surface area contributed by atoms with Crippen molar-refractivity contribution < 1.29 is 4.79 Å². The van der Waals surface area contributed by atoms with Crippen LogP contribution in [0.15, 0.2) is 18.2 Å². The average Bonchev–Trinajstić information content (AvgIpc) is 3.04. The summed E-state index contributed by atoms with van der Waals surface area (Å²) in [7, 11) is 1.94. The van der Waals surface area contributed by atoms with Gasteiger partial charge in [0.25, 0.3) is 0 Å². The van der Waals surface area contributed by atoms with E-state index in [4.69, 9.17) is 23.2 Å². The van der Waals surface area contributed by atoms with Gasteiger partial charge in [-0.05, 0) is 43.7 Å². The third-order valence-corrected chi connectivity index (χ3v) is 3.76. The highest BCUT2D eigenvalue weighted by Gasteiger charge is 2.46. The Morgan fingerprint density at radius 1 is 1.44 bits per heavy atom. The predicted octanol–water partition coefficient (Wildman–Crippen LogP) is 3.16. The van der Waals surface area contributed by atoms with Gasteiger partial charge in [0.15, 0.2) is 0 Å². The summed E-state index contributed by atoms with van der Waals surface area (Å²) in [6.45, 7) is 0.651. The molecule has 1 aliphatic rings. The lowest BCUT2D eigenvalue weighted by Crippen LogP contribution is -2.34. The molecular formula is C12H13Cl2NO. The van der Waals surface area contributed by atoms with E-state index in [-0.39, 0.29) is 5.54 Å². The first-order valence-corrected chi connectivity index (χ1v) is 5.94. The zero-order valence-corrected chi connectivity index (χ0v) is 10.6. The van der Waals surface area contributed by atoms with E-state index in [1.807, 2.05) is 18.0 Å². The summed E-state index contributed by atoms with van der Waals surface area (Å²) in [5, 5.41) is 1.36. The van der Waals surface area contributed by atoms with Gasteiger partial charge >= 0.3 is 0 Å². The maximum absolute atomic E-state index is 11.0. The number of rotatable bonds is 4. The minimum absolute atomic E-state index is 0.258. The van der Waals surface area contributed by atoms with Crippen LogP contribution in [0.1, 0.15) is 18.4 Å². The number of hydrogen-bond donors (Lipinski definition) is 0. The summed E-state index contributed by atoms with van der Waals surface area (Å²) in [6.07, 6.45) is 2.90. The van der Waals surface area contributed by atoms with E-state index in [2.05, 4.69) is 0 Å². The molecule has 0 heterocycles. The van der Waals surface area contributed by atoms with E-state index in [0.717, 1.165) is 24.7 Å². The topological polar surface area (TPSA) is 20.3 Å². The van der Waals surface area contributed by atoms with Crippen molar-refractivity contribution in [3.8, 4) is 0 Å². The molecule has 0 saturated heterocycles. The zero-order chi connectivity index (χ0) is 11.8. The van der Waals surface area contributed by atoms with Crippen molar-refractivity contribution in [3.05, 3.63) is 33.8 Å². The van der Waals surface area contributed by atoms with E-state index in [1.165, 1.54) is 0 Å². The summed E-state index contributed by atoms with van der Waals surface area (Å²) in [4.78, 5) is 13.0. The Balaban J connectivity index is 2.14. The Hall–Kier alpha value is -0.570. The van der Waals surface area contributed by atoms with E-state index >= 15 is 0 Å². The van der Waals surface area contributed by atoms with Crippen LogP contribution in [0, 0.1) is 0 Å². The Morgan fingerprint density at radius 3 is 2.69 bits per heavy atom. The lowest BCUT2D eigenvalue weighted by atomic mass is 10.2. The highest BCUT2D eigenvalue weighted by atomic mass is 35.5. The summed E-state index contributed by atoms with van der Waals surface area (Å²) in [6, 6.07) is 5.40. The first-order valence-electron chi connectivity index (χ1n) is 5.19. The monoisotopic (exact) mass is 257 g/mol. The molecule has 1 aliphatic carbocycles. The quantitative estimate of drug-likeness (QED) is 0.773. The molecule has 4 heteroatoms. The first-order chi connectivity index (χ1) is 7.57. The standard InChI is InChI=1S/C12H13Cl2NO/c1-15(12(8-16)4-5-12)7-9-6-10(13)2-3-11(9)14/h2-3,6,8H,4-5,7H2,1H3. The Kier molecular flexibility index (Phi) is 3.24. The Labute approximate surface area is 105 Å². The molecule has 0 amide bonds. The van der Waals surface area contributed by atoms with Gasteiger partial charge in [-0.2, -0.15) is 0 Å². The van der Waals surface area contributed by atoms with Gasteiger partial charge < -0.3 is 4.79 Å². The third kappa shape index (κ3) is 2.24. The fraction of sp³-hybridized carbons (Fsp3) is 0.417. The molecule has 1 fully saturated rings. The maximum atomic E-state index is 11.0. The van der Waals surface area contributed by atoms with Crippen molar-refractivity contribution in [1.29, 1.82) is 0 Å². The maximum Gasteiger partial charge on any atom is 0.140 e. The van der Waals surface area contributed by atoms with Crippen molar-refractivity contribution in [2.24, 2.45) is 0 Å². The second-order valence-corrected chi connectivity index (χ2v) is 5.16. The van der Waals surface area contributed by atoms with Crippen LogP contribution in [0.5, 0.6) is 0 Å². The van der Waals surface area contributed by atoms with Gasteiger partial charge in [0, 0.05) is 16.6 Å². The molecule has 0 aliphatic heterocycles. The van der Waals surface area contributed by atoms with Crippen molar-refractivity contribution in [2.45, 2.75) is 24.9 Å². The summed E-state index contributed by atoms with van der Waals surface area (Å²) in [5.74, 6) is 0. The fourth-order valence-electron chi connectivity index (χ4n) is 1.80. The van der Waals surface area contributed by atoms with Crippen molar-refractivity contribution >= 4 is 29.5 Å². The van der Waals surface area contributed by atoms with E-state index in [9.17, 15) is 4.79 Å². The molecule has 0 N–H and O–H groups in total. The van der Waals surface area contributed by atoms with Gasteiger partial charge in [-0.25, -0.2) is 0 Å². The second kappa shape index (κ2) is 4.36. The van der Waals surface area contributed by atoms with Crippen LogP contribution < -0.4 is 0 Å². The minimum atomic E-state index is -0.258. The van der Waals surface area contributed by atoms with Gasteiger partial charge in [-0.1, -0.05) is 23.2 Å². The van der Waals surface area contributed by atoms with Gasteiger partial charge in [0.1, 0.15) is 6.29 Å². The number of likely N-dealkylation sites (N-methyl/N-ethyl adjacent to an activating group) is 1. The number of carbonyl (C=O) groups excluding carboxylic acids is 1. The van der Waals surface area contributed by atoms with Gasteiger partial charge in [0.2, 0.25) is 0 Å². The fourth-order valence-corrected chi connectivity index (χ4v) is 2.17. The van der Waals surface area contributed by atoms with E-state index in [0.29, 0.717) is 16.6 Å². The smallest absolute Gasteiger partial charge is 0.140 e. The van der Waals surface area contributed by atoms with Gasteiger partial charge in [0.05, 0.1) is 5.54 Å². The van der Waals surface area contributed by atoms with Crippen LogP contribution in [0.2, 0.25) is 10.0 Å². The van der Waals surface area contributed by atoms with Crippen molar-refractivity contribution in [1.82, 2.24) is 4.90 Å². The van der Waals surface area contributed by atoms with Gasteiger partial charge in [-0.3, -0.25) is 4.90 Å². The zero-order valence-electron chi connectivity index (χ0n) is 9.04. The highest BCUT2D eigenvalue weighted by Crippen LogP contribution is 2.40. The molecule has 16 heavy (non-hydrogen) atoms. The summed E-state index contributed by atoms with van der Waals surface area (Å²) >= 11 is 12.0. The second-order valence-electron chi connectivity index (χ2n) is 4.31. The lowest BCUT2D eigenvalue weighted by Gasteiger charge is -2.23. The number of aldehydes is 1. The van der Waals surface area contributed by atoms with Crippen LogP contribution in [0.25, 0.3) is 0 Å². The van der Waals surface area contributed by atoms with Crippen molar-refractivity contribution in [2.75, 3.05) is 7.05 Å². The van der Waals surface area contributed by atoms with Crippen molar-refractivity contribution in [3.63, 3.8) is 0 Å². The molecule has 0 aromatic heterocycles. The molecule has 0 unspecified atom stereocenters. The van der Waals surface area contributed by atoms with Crippen LogP contribution >= 0.6 is 23.2 Å². The van der Waals surface area contributed by atoms with E-state index < -0.39 is 0 Å². The highest BCUT2D eigenvalue weighted by molar-refractivity contribution is 6.33. The average molecular weight is 258 g/mol. The molecule has 2 nitrogen and oxygen atoms in total. The lowest BCUT2D eigenvalue weighted by molar-refractivity contribution is -0.113. The van der Waals surface area contributed by atoms with Crippen LogP contribution in [0.4, 0.5) is 0 Å². The molecule has 0 bridgehead atoms.